The number of benzene rings is 1. The molecule has 0 fully saturated rings. The Bertz CT molecular complexity index is 843. The number of methoxy groups -OCH3 is 3. The molecule has 2 aromatic rings. The summed E-state index contributed by atoms with van der Waals surface area (Å²) in [6.07, 6.45) is -0.0159. The molecule has 0 radical (unpaired) electrons. The highest BCUT2D eigenvalue weighted by Crippen LogP contribution is 2.38. The number of ether oxygens (including phenoxy) is 4. The number of carbonyl (C=O) groups is 2. The van der Waals surface area contributed by atoms with Gasteiger partial charge < -0.3 is 23.5 Å². The van der Waals surface area contributed by atoms with Gasteiger partial charge in [-0.1, -0.05) is 0 Å². The fourth-order valence-corrected chi connectivity index (χ4v) is 3.25. The van der Waals surface area contributed by atoms with E-state index in [4.69, 9.17) is 18.9 Å². The van der Waals surface area contributed by atoms with Crippen molar-refractivity contribution in [2.24, 2.45) is 0 Å². The average molecular weight is 389 g/mol. The number of Topliss-reactive ketones (excluding diaryl/α,β-unsaturated/α-hetero) is 1. The monoisotopic (exact) mass is 389 g/mol. The molecule has 0 saturated carbocycles. The second-order valence-corrected chi connectivity index (χ2v) is 6.32. The van der Waals surface area contributed by atoms with Crippen molar-refractivity contribution in [2.75, 3.05) is 27.9 Å². The van der Waals surface area contributed by atoms with Crippen LogP contribution in [-0.4, -0.2) is 44.3 Å². The molecule has 0 aliphatic rings. The van der Waals surface area contributed by atoms with E-state index in [1.54, 1.807) is 12.1 Å². The number of hydrogen-bond donors (Lipinski definition) is 0. The van der Waals surface area contributed by atoms with Gasteiger partial charge in [-0.05, 0) is 44.5 Å². The van der Waals surface area contributed by atoms with Crippen molar-refractivity contribution in [1.82, 2.24) is 4.57 Å². The average Bonchev–Trinajstić information content (AvgIpc) is 2.98. The Kier molecular flexibility index (Phi) is 7.09. The molecule has 0 spiro atoms. The number of aryl methyl sites for hydroxylation is 1. The predicted octanol–water partition coefficient (Wildman–Crippen LogP) is 3.12. The summed E-state index contributed by atoms with van der Waals surface area (Å²) in [6.45, 7) is 6.35. The first-order chi connectivity index (χ1) is 13.4. The van der Waals surface area contributed by atoms with Gasteiger partial charge in [0, 0.05) is 23.5 Å². The van der Waals surface area contributed by atoms with Crippen LogP contribution in [0.25, 0.3) is 0 Å². The van der Waals surface area contributed by atoms with Gasteiger partial charge in [-0.25, -0.2) is 0 Å². The molecule has 1 aromatic carbocycles. The number of ketones is 1. The third kappa shape index (κ3) is 4.47. The van der Waals surface area contributed by atoms with Crippen LogP contribution in [0.4, 0.5) is 0 Å². The second-order valence-electron chi connectivity index (χ2n) is 6.32. The van der Waals surface area contributed by atoms with Crippen molar-refractivity contribution in [1.29, 1.82) is 0 Å². The maximum absolute atomic E-state index is 12.4. The molecule has 1 aromatic heterocycles. The SMILES string of the molecule is CCn1c(C)cc(C(=O)COC(=O)Cc2cc(OC)c(OC)c(OC)c2)c1C. The molecule has 0 saturated heterocycles. The minimum absolute atomic E-state index is 0.0159. The fraction of sp³-hybridized carbons (Fsp3) is 0.429. The maximum atomic E-state index is 12.4. The zero-order valence-corrected chi connectivity index (χ0v) is 17.3. The number of esters is 1. The van der Waals surface area contributed by atoms with E-state index in [1.807, 2.05) is 31.4 Å². The van der Waals surface area contributed by atoms with Crippen LogP contribution in [0.15, 0.2) is 18.2 Å². The number of hydrogen-bond acceptors (Lipinski definition) is 6. The Hall–Kier alpha value is -2.96. The highest BCUT2D eigenvalue weighted by molar-refractivity contribution is 5.99. The van der Waals surface area contributed by atoms with E-state index in [9.17, 15) is 9.59 Å². The third-order valence-electron chi connectivity index (χ3n) is 4.63. The lowest BCUT2D eigenvalue weighted by atomic mass is 10.1. The van der Waals surface area contributed by atoms with Crippen LogP contribution in [0.2, 0.25) is 0 Å². The smallest absolute Gasteiger partial charge is 0.310 e. The molecule has 1 heterocycles. The van der Waals surface area contributed by atoms with Gasteiger partial charge in [0.2, 0.25) is 11.5 Å². The molecular weight excluding hydrogens is 362 g/mol. The Labute approximate surface area is 165 Å². The highest BCUT2D eigenvalue weighted by Gasteiger charge is 2.18. The molecular formula is C21H27NO6. The fourth-order valence-electron chi connectivity index (χ4n) is 3.25. The van der Waals surface area contributed by atoms with Crippen molar-refractivity contribution in [2.45, 2.75) is 33.7 Å². The molecule has 0 amide bonds. The minimum atomic E-state index is -0.507. The molecule has 0 aliphatic carbocycles. The van der Waals surface area contributed by atoms with Crippen LogP contribution in [0, 0.1) is 13.8 Å². The first-order valence-corrected chi connectivity index (χ1v) is 9.00. The molecule has 0 bridgehead atoms. The Morgan fingerprint density at radius 3 is 2.04 bits per heavy atom. The molecule has 28 heavy (non-hydrogen) atoms. The van der Waals surface area contributed by atoms with Crippen molar-refractivity contribution in [3.8, 4) is 17.2 Å². The predicted molar refractivity (Wildman–Crippen MR) is 105 cm³/mol. The first kappa shape index (κ1) is 21.3. The third-order valence-corrected chi connectivity index (χ3v) is 4.63. The molecule has 0 aliphatic heterocycles. The lowest BCUT2D eigenvalue weighted by molar-refractivity contribution is -0.141. The van der Waals surface area contributed by atoms with E-state index in [1.165, 1.54) is 21.3 Å². The number of rotatable bonds is 9. The molecule has 152 valence electrons. The number of aromatic nitrogens is 1. The first-order valence-electron chi connectivity index (χ1n) is 9.00. The summed E-state index contributed by atoms with van der Waals surface area (Å²) in [4.78, 5) is 24.7. The van der Waals surface area contributed by atoms with Crippen molar-refractivity contribution in [3.63, 3.8) is 0 Å². The van der Waals surface area contributed by atoms with Gasteiger partial charge in [-0.15, -0.1) is 0 Å². The highest BCUT2D eigenvalue weighted by atomic mass is 16.5. The number of carbonyl (C=O) groups excluding carboxylic acids is 2. The molecule has 0 unspecified atom stereocenters. The molecule has 0 atom stereocenters. The van der Waals surface area contributed by atoms with Crippen LogP contribution < -0.4 is 14.2 Å². The lowest BCUT2D eigenvalue weighted by Gasteiger charge is -2.14. The summed E-state index contributed by atoms with van der Waals surface area (Å²) in [6, 6.07) is 5.19. The Morgan fingerprint density at radius 2 is 1.57 bits per heavy atom. The van der Waals surface area contributed by atoms with Crippen LogP contribution in [0.5, 0.6) is 17.2 Å². The summed E-state index contributed by atoms with van der Waals surface area (Å²) in [7, 11) is 4.52. The van der Waals surface area contributed by atoms with Gasteiger partial charge in [-0.2, -0.15) is 0 Å². The van der Waals surface area contributed by atoms with Gasteiger partial charge in [0.25, 0.3) is 0 Å². The normalized spacial score (nSPS) is 10.5. The van der Waals surface area contributed by atoms with Gasteiger partial charge in [0.15, 0.2) is 18.1 Å². The summed E-state index contributed by atoms with van der Waals surface area (Å²) in [5.41, 5.74) is 3.11. The molecule has 2 rings (SSSR count). The van der Waals surface area contributed by atoms with Gasteiger partial charge in [0.1, 0.15) is 0 Å². The zero-order chi connectivity index (χ0) is 20.8. The standard InChI is InChI=1S/C21H27NO6/c1-7-22-13(2)8-16(14(22)3)17(23)12-28-20(24)11-15-9-18(25-4)21(27-6)19(10-15)26-5/h8-10H,7,11-12H2,1-6H3. The summed E-state index contributed by atoms with van der Waals surface area (Å²) >= 11 is 0. The Morgan fingerprint density at radius 1 is 0.964 bits per heavy atom. The zero-order valence-electron chi connectivity index (χ0n) is 17.3. The van der Waals surface area contributed by atoms with Gasteiger partial charge in [0.05, 0.1) is 27.8 Å². The quantitative estimate of drug-likeness (QED) is 0.484. The maximum Gasteiger partial charge on any atom is 0.310 e. The lowest BCUT2D eigenvalue weighted by Crippen LogP contribution is -2.16. The summed E-state index contributed by atoms with van der Waals surface area (Å²) in [5, 5.41) is 0. The van der Waals surface area contributed by atoms with Crippen molar-refractivity contribution >= 4 is 11.8 Å². The summed E-state index contributed by atoms with van der Waals surface area (Å²) < 4.78 is 23.1. The van der Waals surface area contributed by atoms with E-state index in [0.29, 0.717) is 28.4 Å². The van der Waals surface area contributed by atoms with E-state index in [2.05, 4.69) is 0 Å². The van der Waals surface area contributed by atoms with Crippen molar-refractivity contribution < 1.29 is 28.5 Å². The van der Waals surface area contributed by atoms with E-state index >= 15 is 0 Å². The van der Waals surface area contributed by atoms with Crippen LogP contribution in [0.1, 0.15) is 34.2 Å². The van der Waals surface area contributed by atoms with Gasteiger partial charge >= 0.3 is 5.97 Å². The van der Waals surface area contributed by atoms with E-state index < -0.39 is 5.97 Å². The minimum Gasteiger partial charge on any atom is -0.493 e. The topological polar surface area (TPSA) is 76.0 Å². The van der Waals surface area contributed by atoms with Crippen molar-refractivity contribution in [3.05, 3.63) is 40.7 Å². The molecule has 7 heteroatoms. The Balaban J connectivity index is 2.06. The molecule has 7 nitrogen and oxygen atoms in total. The summed E-state index contributed by atoms with van der Waals surface area (Å²) in [5.74, 6) is 0.627. The molecule has 0 N–H and O–H groups in total. The number of nitrogens with zero attached hydrogens (tertiary/aromatic N) is 1. The van der Waals surface area contributed by atoms with Crippen LogP contribution >= 0.6 is 0 Å². The van der Waals surface area contributed by atoms with E-state index in [-0.39, 0.29) is 18.8 Å². The van der Waals surface area contributed by atoms with Gasteiger partial charge in [-0.3, -0.25) is 9.59 Å². The second kappa shape index (κ2) is 9.30. The van der Waals surface area contributed by atoms with E-state index in [0.717, 1.165) is 17.9 Å². The largest absolute Gasteiger partial charge is 0.493 e. The van der Waals surface area contributed by atoms with Crippen LogP contribution in [0.3, 0.4) is 0 Å². The van der Waals surface area contributed by atoms with Crippen LogP contribution in [-0.2, 0) is 22.5 Å².